The number of benzene rings is 1. The second-order valence-electron chi connectivity index (χ2n) is 10.6. The zero-order chi connectivity index (χ0) is 28.7. The van der Waals surface area contributed by atoms with Gasteiger partial charge >= 0.3 is 17.7 Å². The summed E-state index contributed by atoms with van der Waals surface area (Å²) in [6.45, 7) is 9.64. The molecule has 7 nitrogen and oxygen atoms in total. The molecule has 0 spiro atoms. The summed E-state index contributed by atoms with van der Waals surface area (Å²) in [4.78, 5) is 13.0. The van der Waals surface area contributed by atoms with Crippen molar-refractivity contribution in [3.63, 3.8) is 0 Å². The van der Waals surface area contributed by atoms with Crippen molar-refractivity contribution in [3.8, 4) is 17.0 Å². The summed E-state index contributed by atoms with van der Waals surface area (Å²) in [7, 11) is 1.50. The molecule has 212 valence electrons. The molecule has 1 aliphatic rings. The van der Waals surface area contributed by atoms with Gasteiger partial charge in [-0.2, -0.15) is 26.7 Å². The van der Waals surface area contributed by atoms with Crippen LogP contribution < -0.4 is 10.1 Å². The number of carbonyl (C=O) groups is 1. The zero-order valence-corrected chi connectivity index (χ0v) is 23.7. The van der Waals surface area contributed by atoms with Crippen molar-refractivity contribution >= 4 is 17.5 Å². The van der Waals surface area contributed by atoms with E-state index in [-0.39, 0.29) is 12.3 Å². The number of nitrogens with one attached hydrogen (secondary N) is 1. The molecule has 1 aromatic carbocycles. The van der Waals surface area contributed by atoms with E-state index >= 15 is 0 Å². The predicted molar refractivity (Wildman–Crippen MR) is 141 cm³/mol. The molecule has 2 aromatic rings. The van der Waals surface area contributed by atoms with Gasteiger partial charge in [0.25, 0.3) is 5.91 Å². The van der Waals surface area contributed by atoms with Gasteiger partial charge in [0.05, 0.1) is 18.2 Å². The normalized spacial score (nSPS) is 17.8. The number of nitrogens with zero attached hydrogens (tertiary/aromatic N) is 2. The summed E-state index contributed by atoms with van der Waals surface area (Å²) in [6.07, 6.45) is 0.184. The van der Waals surface area contributed by atoms with E-state index in [1.165, 1.54) is 33.8 Å². The molecule has 1 amide bonds. The first-order valence-electron chi connectivity index (χ1n) is 12.8. The van der Waals surface area contributed by atoms with E-state index in [1.54, 1.807) is 22.9 Å². The van der Waals surface area contributed by atoms with Crippen LogP contribution in [0.3, 0.4) is 0 Å². The molecule has 0 bridgehead atoms. The van der Waals surface area contributed by atoms with E-state index in [4.69, 9.17) is 13.2 Å². The number of methoxy groups -OCH3 is 1. The highest BCUT2D eigenvalue weighted by atomic mass is 32.1. The van der Waals surface area contributed by atoms with Crippen LogP contribution >= 0.6 is 0 Å². The minimum atomic E-state index is -4.31. The van der Waals surface area contributed by atoms with E-state index in [2.05, 4.69) is 17.3 Å². The molecule has 38 heavy (non-hydrogen) atoms. The first-order valence-corrected chi connectivity index (χ1v) is 13.5. The van der Waals surface area contributed by atoms with Crippen molar-refractivity contribution in [2.45, 2.75) is 79.4 Å². The van der Waals surface area contributed by atoms with E-state index in [0.717, 1.165) is 30.0 Å². The fraction of sp³-hybridized carbons (Fsp3) is 0.630. The van der Waals surface area contributed by atoms with Crippen LogP contribution in [-0.2, 0) is 24.5 Å². The summed E-state index contributed by atoms with van der Waals surface area (Å²) in [5.74, 6) is 1.52. The molecule has 3 rings (SSSR count). The van der Waals surface area contributed by atoms with Gasteiger partial charge in [-0.15, -0.1) is 0 Å². The lowest BCUT2D eigenvalue weighted by Gasteiger charge is -2.28. The lowest BCUT2D eigenvalue weighted by atomic mass is 9.83. The highest BCUT2D eigenvalue weighted by molar-refractivity contribution is 7.51. The van der Waals surface area contributed by atoms with Gasteiger partial charge in [-0.3, -0.25) is 9.48 Å². The van der Waals surface area contributed by atoms with Crippen LogP contribution in [0.1, 0.15) is 75.0 Å². The number of halogens is 3. The van der Waals surface area contributed by atoms with Crippen molar-refractivity contribution in [2.75, 3.05) is 13.7 Å². The Morgan fingerprint density at radius 3 is 2.32 bits per heavy atom. The van der Waals surface area contributed by atoms with Gasteiger partial charge in [-0.25, -0.2) is 0 Å². The second kappa shape index (κ2) is 13.4. The Morgan fingerprint density at radius 1 is 1.18 bits per heavy atom. The molecular formula is C27H38F3N3O4S. The Balaban J connectivity index is 0.00000161. The van der Waals surface area contributed by atoms with Crippen LogP contribution in [0.4, 0.5) is 13.2 Å². The van der Waals surface area contributed by atoms with Crippen molar-refractivity contribution in [2.24, 2.45) is 17.3 Å². The number of alkyl halides is 3. The van der Waals surface area contributed by atoms with Gasteiger partial charge in [0.15, 0.2) is 5.69 Å². The Hall–Kier alpha value is -2.69. The lowest BCUT2D eigenvalue weighted by molar-refractivity contribution is -0.211. The molecule has 1 heterocycles. The van der Waals surface area contributed by atoms with Crippen LogP contribution in [0, 0.1) is 24.2 Å². The fourth-order valence-electron chi connectivity index (χ4n) is 4.84. The minimum Gasteiger partial charge on any atom is -0.496 e. The molecule has 0 atom stereocenters. The Kier molecular flexibility index (Phi) is 11.1. The first-order chi connectivity index (χ1) is 17.8. The maximum absolute atomic E-state index is 13.4. The van der Waals surface area contributed by atoms with E-state index in [0.29, 0.717) is 41.6 Å². The van der Waals surface area contributed by atoms with Gasteiger partial charge in [0.2, 0.25) is 0 Å². The molecule has 11 heteroatoms. The van der Waals surface area contributed by atoms with Crippen LogP contribution in [-0.4, -0.2) is 43.9 Å². The summed E-state index contributed by atoms with van der Waals surface area (Å²) < 4.78 is 64.1. The first kappa shape index (κ1) is 31.5. The van der Waals surface area contributed by atoms with E-state index in [9.17, 15) is 18.0 Å². The number of carbonyl (C=O) groups excluding carboxylic acids is 1. The minimum absolute atomic E-state index is 0.160. The molecule has 0 saturated heterocycles. The van der Waals surface area contributed by atoms with Gasteiger partial charge in [0.1, 0.15) is 5.75 Å². The number of rotatable bonds is 8. The Labute approximate surface area is 226 Å². The maximum Gasteiger partial charge on any atom is 0.394 e. The Bertz CT molecular complexity index is 1130. The number of aryl methyl sites for hydroxylation is 1. The number of aromatic nitrogens is 2. The summed E-state index contributed by atoms with van der Waals surface area (Å²) >= 11 is -0.750. The number of hydrogen-bond donors (Lipinski definition) is 1. The van der Waals surface area contributed by atoms with Crippen molar-refractivity contribution in [1.29, 1.82) is 0 Å². The molecule has 1 aromatic heterocycles. The van der Waals surface area contributed by atoms with Crippen LogP contribution in [0.25, 0.3) is 11.3 Å². The molecule has 0 aliphatic heterocycles. The third-order valence-electron chi connectivity index (χ3n) is 7.33. The number of amides is 1. The summed E-state index contributed by atoms with van der Waals surface area (Å²) in [5, 5.41) is 7.64. The highest BCUT2D eigenvalue weighted by Gasteiger charge is 2.47. The van der Waals surface area contributed by atoms with E-state index in [1.807, 2.05) is 13.8 Å². The SMILES string of the molecule is CCn1nc(C(=O)NCC2CCC(C)CC2)c(C)c1-c1ccc(CC(C)(C)C(F)(F)F)cc1OC.O=S=O. The fourth-order valence-corrected chi connectivity index (χ4v) is 4.84. The third-order valence-corrected chi connectivity index (χ3v) is 7.33. The van der Waals surface area contributed by atoms with Crippen LogP contribution in [0.5, 0.6) is 5.75 Å². The zero-order valence-electron chi connectivity index (χ0n) is 22.9. The number of hydrogen-bond acceptors (Lipinski definition) is 5. The average Bonchev–Trinajstić information content (AvgIpc) is 3.19. The predicted octanol–water partition coefficient (Wildman–Crippen LogP) is 5.90. The van der Waals surface area contributed by atoms with Crippen molar-refractivity contribution < 1.29 is 31.1 Å². The molecule has 1 fully saturated rings. The molecule has 1 saturated carbocycles. The average molecular weight is 558 g/mol. The molecule has 1 aliphatic carbocycles. The van der Waals surface area contributed by atoms with Crippen molar-refractivity contribution in [3.05, 3.63) is 35.0 Å². The standard InChI is InChI=1S/C27H38F3N3O2.O2S/c1-7-33-24(18(3)23(32-33)25(34)31-16-19-10-8-17(2)9-11-19)21-13-12-20(14-22(21)35-6)15-26(4,5)27(28,29)30;1-3-2/h12-14,17,19H,7-11,15-16H2,1-6H3,(H,31,34);. The second-order valence-corrected chi connectivity index (χ2v) is 10.8. The van der Waals surface area contributed by atoms with Crippen molar-refractivity contribution in [1.82, 2.24) is 15.1 Å². The smallest absolute Gasteiger partial charge is 0.394 e. The maximum atomic E-state index is 13.4. The largest absolute Gasteiger partial charge is 0.496 e. The summed E-state index contributed by atoms with van der Waals surface area (Å²) in [6, 6.07) is 5.11. The summed E-state index contributed by atoms with van der Waals surface area (Å²) in [5.41, 5.74) is 1.21. The van der Waals surface area contributed by atoms with Gasteiger partial charge in [-0.05, 0) is 62.6 Å². The molecule has 0 unspecified atom stereocenters. The number of ether oxygens (including phenoxy) is 1. The molecule has 1 N–H and O–H groups in total. The van der Waals surface area contributed by atoms with Gasteiger partial charge in [-0.1, -0.05) is 39.7 Å². The van der Waals surface area contributed by atoms with Crippen LogP contribution in [0.15, 0.2) is 18.2 Å². The Morgan fingerprint density at radius 2 is 1.79 bits per heavy atom. The topological polar surface area (TPSA) is 90.3 Å². The van der Waals surface area contributed by atoms with Crippen LogP contribution in [0.2, 0.25) is 0 Å². The lowest BCUT2D eigenvalue weighted by Crippen LogP contribution is -2.34. The van der Waals surface area contributed by atoms with Gasteiger partial charge < -0.3 is 10.1 Å². The monoisotopic (exact) mass is 557 g/mol. The molecule has 0 radical (unpaired) electrons. The third kappa shape index (κ3) is 7.68. The quantitative estimate of drug-likeness (QED) is 0.436. The molecular weight excluding hydrogens is 519 g/mol. The highest BCUT2D eigenvalue weighted by Crippen LogP contribution is 2.42. The van der Waals surface area contributed by atoms with E-state index < -0.39 is 23.2 Å². The van der Waals surface area contributed by atoms with Gasteiger partial charge in [0, 0.05) is 24.2 Å².